The Morgan fingerprint density at radius 3 is 2.63 bits per heavy atom. The van der Waals surface area contributed by atoms with E-state index in [4.69, 9.17) is 10.7 Å². The number of amides is 1. The quantitative estimate of drug-likeness (QED) is 0.733. The lowest BCUT2D eigenvalue weighted by molar-refractivity contribution is -0.131. The van der Waals surface area contributed by atoms with Gasteiger partial charge in [0.15, 0.2) is 0 Å². The van der Waals surface area contributed by atoms with Crippen molar-refractivity contribution in [3.05, 3.63) is 60.4 Å². The molecule has 0 aliphatic carbocycles. The van der Waals surface area contributed by atoms with E-state index in [-0.39, 0.29) is 24.4 Å². The molecule has 1 unspecified atom stereocenters. The van der Waals surface area contributed by atoms with Crippen molar-refractivity contribution >= 4 is 29.3 Å². The highest BCUT2D eigenvalue weighted by atomic mass is 35.5. The topological polar surface area (TPSA) is 64.2 Å². The molecule has 5 nitrogen and oxygen atoms in total. The molecule has 6 heteroatoms. The minimum absolute atomic E-state index is 0. The predicted octanol–water partition coefficient (Wildman–Crippen LogP) is 3.33. The number of aromatic nitrogens is 2. The van der Waals surface area contributed by atoms with Crippen LogP contribution in [0.4, 0.5) is 0 Å². The number of hydrogen-bond donors (Lipinski definition) is 1. The van der Waals surface area contributed by atoms with Gasteiger partial charge < -0.3 is 10.6 Å². The summed E-state index contributed by atoms with van der Waals surface area (Å²) in [4.78, 5) is 19.4. The average molecular weight is 385 g/mol. The van der Waals surface area contributed by atoms with Gasteiger partial charge in [0.2, 0.25) is 5.91 Å². The Hall–Kier alpha value is -2.37. The van der Waals surface area contributed by atoms with Crippen molar-refractivity contribution in [2.75, 3.05) is 13.1 Å². The van der Waals surface area contributed by atoms with Crippen LogP contribution in [-0.2, 0) is 11.2 Å². The predicted molar refractivity (Wildman–Crippen MR) is 110 cm³/mol. The average Bonchev–Trinajstić information content (AvgIpc) is 3.31. The number of para-hydroxylation sites is 3. The molecular formula is C21H25ClN4O. The Morgan fingerprint density at radius 1 is 1.11 bits per heavy atom. The van der Waals surface area contributed by atoms with E-state index in [9.17, 15) is 4.79 Å². The highest BCUT2D eigenvalue weighted by Crippen LogP contribution is 2.23. The van der Waals surface area contributed by atoms with Crippen LogP contribution < -0.4 is 5.73 Å². The van der Waals surface area contributed by atoms with E-state index in [1.807, 2.05) is 41.3 Å². The first-order chi connectivity index (χ1) is 12.8. The van der Waals surface area contributed by atoms with E-state index in [2.05, 4.69) is 22.8 Å². The maximum absolute atomic E-state index is 12.7. The number of carbonyl (C=O) groups is 1. The number of fused-ring (bicyclic) bond motifs is 1. The van der Waals surface area contributed by atoms with E-state index in [1.165, 1.54) is 0 Å². The summed E-state index contributed by atoms with van der Waals surface area (Å²) in [6.07, 6.45) is 3.16. The molecule has 0 bridgehead atoms. The molecule has 2 N–H and O–H groups in total. The zero-order chi connectivity index (χ0) is 17.9. The molecule has 27 heavy (non-hydrogen) atoms. The lowest BCUT2D eigenvalue weighted by Crippen LogP contribution is -2.40. The van der Waals surface area contributed by atoms with Gasteiger partial charge in [0.25, 0.3) is 0 Å². The van der Waals surface area contributed by atoms with Gasteiger partial charge in [-0.1, -0.05) is 30.3 Å². The van der Waals surface area contributed by atoms with E-state index >= 15 is 0 Å². The van der Waals surface area contributed by atoms with Gasteiger partial charge >= 0.3 is 0 Å². The smallest absolute Gasteiger partial charge is 0.223 e. The van der Waals surface area contributed by atoms with Crippen molar-refractivity contribution in [3.63, 3.8) is 0 Å². The first kappa shape index (κ1) is 19.4. The second-order valence-electron chi connectivity index (χ2n) is 6.81. The van der Waals surface area contributed by atoms with Crippen LogP contribution in [0.3, 0.4) is 0 Å². The molecule has 1 atom stereocenters. The zero-order valence-corrected chi connectivity index (χ0v) is 16.1. The fourth-order valence-corrected chi connectivity index (χ4v) is 3.88. The molecule has 1 saturated heterocycles. The first-order valence-electron chi connectivity index (χ1n) is 9.29. The van der Waals surface area contributed by atoms with Crippen LogP contribution in [-0.4, -0.2) is 39.5 Å². The van der Waals surface area contributed by atoms with Gasteiger partial charge in [-0.3, -0.25) is 9.36 Å². The van der Waals surface area contributed by atoms with Gasteiger partial charge in [0, 0.05) is 37.7 Å². The summed E-state index contributed by atoms with van der Waals surface area (Å²) in [6, 6.07) is 18.5. The number of hydrogen-bond acceptors (Lipinski definition) is 3. The largest absolute Gasteiger partial charge is 0.338 e. The number of aryl methyl sites for hydroxylation is 1. The molecule has 1 amide bonds. The van der Waals surface area contributed by atoms with Crippen molar-refractivity contribution in [2.24, 2.45) is 5.73 Å². The molecule has 0 radical (unpaired) electrons. The van der Waals surface area contributed by atoms with Crippen LogP contribution in [0.15, 0.2) is 54.6 Å². The summed E-state index contributed by atoms with van der Waals surface area (Å²) in [7, 11) is 0. The van der Waals surface area contributed by atoms with Gasteiger partial charge in [-0.2, -0.15) is 0 Å². The van der Waals surface area contributed by atoms with Gasteiger partial charge in [0.1, 0.15) is 5.82 Å². The molecule has 4 rings (SSSR count). The second kappa shape index (κ2) is 8.55. The molecule has 1 fully saturated rings. The second-order valence-corrected chi connectivity index (χ2v) is 6.81. The summed E-state index contributed by atoms with van der Waals surface area (Å²) in [5.74, 6) is 1.11. The fourth-order valence-electron chi connectivity index (χ4n) is 3.88. The maximum Gasteiger partial charge on any atom is 0.223 e. The van der Waals surface area contributed by atoms with Gasteiger partial charge in [-0.25, -0.2) is 4.98 Å². The summed E-state index contributed by atoms with van der Waals surface area (Å²) < 4.78 is 2.16. The molecule has 2 heterocycles. The third-order valence-electron chi connectivity index (χ3n) is 5.18. The number of carbonyl (C=O) groups excluding carboxylic acids is 1. The van der Waals surface area contributed by atoms with Crippen LogP contribution in [0, 0.1) is 0 Å². The van der Waals surface area contributed by atoms with Crippen molar-refractivity contribution in [2.45, 2.75) is 31.7 Å². The van der Waals surface area contributed by atoms with Crippen LogP contribution >= 0.6 is 12.4 Å². The molecule has 3 aromatic rings. The Labute approximate surface area is 165 Å². The SMILES string of the molecule is Cl.NCC1CCCN1C(=O)CCc1nc2ccccc2n1-c1ccccc1. The standard InChI is InChI=1S/C21H24N4O.ClH/c22-15-17-9-6-14-24(17)21(26)13-12-20-23-18-10-4-5-11-19(18)25(20)16-7-2-1-3-8-16;/h1-5,7-8,10-11,17H,6,9,12-15,22H2;1H. The van der Waals surface area contributed by atoms with E-state index in [0.29, 0.717) is 19.4 Å². The molecule has 0 spiro atoms. The molecule has 2 aromatic carbocycles. The number of rotatable bonds is 5. The van der Waals surface area contributed by atoms with Gasteiger partial charge in [0.05, 0.1) is 11.0 Å². The Kier molecular flexibility index (Phi) is 6.14. The monoisotopic (exact) mass is 384 g/mol. The summed E-state index contributed by atoms with van der Waals surface area (Å²) >= 11 is 0. The van der Waals surface area contributed by atoms with Crippen LogP contribution in [0.1, 0.15) is 25.1 Å². The lowest BCUT2D eigenvalue weighted by Gasteiger charge is -2.23. The van der Waals surface area contributed by atoms with E-state index in [1.54, 1.807) is 0 Å². The number of nitrogens with zero attached hydrogens (tertiary/aromatic N) is 3. The molecule has 1 aliphatic heterocycles. The van der Waals surface area contributed by atoms with Crippen LogP contribution in [0.25, 0.3) is 16.7 Å². The van der Waals surface area contributed by atoms with Crippen molar-refractivity contribution in [1.82, 2.24) is 14.5 Å². The summed E-state index contributed by atoms with van der Waals surface area (Å²) in [6.45, 7) is 1.38. The summed E-state index contributed by atoms with van der Waals surface area (Å²) in [5.41, 5.74) is 8.91. The van der Waals surface area contributed by atoms with E-state index < -0.39 is 0 Å². The number of halogens is 1. The molecule has 0 saturated carbocycles. The Morgan fingerprint density at radius 2 is 1.85 bits per heavy atom. The number of nitrogens with two attached hydrogens (primary N) is 1. The van der Waals surface area contributed by atoms with Gasteiger partial charge in [-0.15, -0.1) is 12.4 Å². The minimum Gasteiger partial charge on any atom is -0.338 e. The van der Waals surface area contributed by atoms with Gasteiger partial charge in [-0.05, 0) is 37.1 Å². The minimum atomic E-state index is 0. The molecule has 1 aliphatic rings. The third kappa shape index (κ3) is 3.84. The van der Waals surface area contributed by atoms with E-state index in [0.717, 1.165) is 41.9 Å². The summed E-state index contributed by atoms with van der Waals surface area (Å²) in [5, 5.41) is 0. The highest BCUT2D eigenvalue weighted by molar-refractivity contribution is 5.85. The van der Waals surface area contributed by atoms with Crippen LogP contribution in [0.2, 0.25) is 0 Å². The Bertz CT molecular complexity index is 909. The Balaban J connectivity index is 0.00000210. The van der Waals surface area contributed by atoms with Crippen molar-refractivity contribution < 1.29 is 4.79 Å². The number of imidazole rings is 1. The van der Waals surface area contributed by atoms with Crippen molar-refractivity contribution in [1.29, 1.82) is 0 Å². The first-order valence-corrected chi connectivity index (χ1v) is 9.29. The molecule has 1 aromatic heterocycles. The van der Waals surface area contributed by atoms with Crippen LogP contribution in [0.5, 0.6) is 0 Å². The highest BCUT2D eigenvalue weighted by Gasteiger charge is 2.27. The number of benzene rings is 2. The zero-order valence-electron chi connectivity index (χ0n) is 15.3. The third-order valence-corrected chi connectivity index (χ3v) is 5.18. The fraction of sp³-hybridized carbons (Fsp3) is 0.333. The maximum atomic E-state index is 12.7. The lowest BCUT2D eigenvalue weighted by atomic mass is 10.2. The molecule has 142 valence electrons. The van der Waals surface area contributed by atoms with Crippen molar-refractivity contribution in [3.8, 4) is 5.69 Å². The number of likely N-dealkylation sites (tertiary alicyclic amines) is 1. The molecular weight excluding hydrogens is 360 g/mol. The normalized spacial score (nSPS) is 16.5.